The second-order valence-corrected chi connectivity index (χ2v) is 4.29. The molecule has 2 aliphatic rings. The van der Waals surface area contributed by atoms with E-state index in [0.29, 0.717) is 0 Å². The summed E-state index contributed by atoms with van der Waals surface area (Å²) in [6.07, 6.45) is 16.3. The molecule has 2 aliphatic heterocycles. The monoisotopic (exact) mass is 237 g/mol. The Bertz CT molecular complexity index is 526. The van der Waals surface area contributed by atoms with Gasteiger partial charge in [0.15, 0.2) is 0 Å². The van der Waals surface area contributed by atoms with E-state index in [4.69, 9.17) is 0 Å². The Kier molecular flexibility index (Phi) is 2.96. The van der Waals surface area contributed by atoms with E-state index in [0.717, 1.165) is 11.4 Å². The molecule has 3 rings (SSSR count). The van der Waals surface area contributed by atoms with Gasteiger partial charge in [0.1, 0.15) is 0 Å². The van der Waals surface area contributed by atoms with Crippen LogP contribution in [0.1, 0.15) is 5.69 Å². The Morgan fingerprint density at radius 1 is 1.00 bits per heavy atom. The summed E-state index contributed by atoms with van der Waals surface area (Å²) in [6, 6.07) is 6.46. The lowest BCUT2D eigenvalue weighted by molar-refractivity contribution is 0.566. The van der Waals surface area contributed by atoms with Crippen LogP contribution >= 0.6 is 0 Å². The minimum absolute atomic E-state index is 0.244. The summed E-state index contributed by atoms with van der Waals surface area (Å²) < 4.78 is 0. The molecule has 0 aliphatic carbocycles. The van der Waals surface area contributed by atoms with Gasteiger partial charge in [-0.1, -0.05) is 30.4 Å². The summed E-state index contributed by atoms with van der Waals surface area (Å²) in [5, 5.41) is 6.84. The first-order valence-corrected chi connectivity index (χ1v) is 6.09. The van der Waals surface area contributed by atoms with Crippen LogP contribution in [0.15, 0.2) is 67.1 Å². The van der Waals surface area contributed by atoms with Crippen molar-refractivity contribution in [1.82, 2.24) is 15.6 Å². The minimum Gasteiger partial charge on any atom is -0.382 e. The molecule has 3 heteroatoms. The summed E-state index contributed by atoms with van der Waals surface area (Å²) >= 11 is 0. The second-order valence-electron chi connectivity index (χ2n) is 4.29. The van der Waals surface area contributed by atoms with Gasteiger partial charge in [-0.25, -0.2) is 0 Å². The average molecular weight is 237 g/mol. The van der Waals surface area contributed by atoms with Crippen molar-refractivity contribution in [2.75, 3.05) is 0 Å². The maximum absolute atomic E-state index is 4.36. The van der Waals surface area contributed by atoms with Crippen molar-refractivity contribution in [3.05, 3.63) is 72.7 Å². The van der Waals surface area contributed by atoms with Gasteiger partial charge in [-0.15, -0.1) is 0 Å². The molecule has 2 N–H and O–H groups in total. The normalized spacial score (nSPS) is 25.2. The van der Waals surface area contributed by atoms with Gasteiger partial charge < -0.3 is 10.6 Å². The van der Waals surface area contributed by atoms with Gasteiger partial charge in [0.05, 0.1) is 23.5 Å². The number of nitrogens with zero attached hydrogens (tertiary/aromatic N) is 1. The Balaban J connectivity index is 1.76. The number of hydrogen-bond acceptors (Lipinski definition) is 3. The van der Waals surface area contributed by atoms with Gasteiger partial charge in [0.25, 0.3) is 0 Å². The van der Waals surface area contributed by atoms with Gasteiger partial charge in [0.2, 0.25) is 0 Å². The van der Waals surface area contributed by atoms with E-state index >= 15 is 0 Å². The van der Waals surface area contributed by atoms with E-state index in [1.807, 2.05) is 36.7 Å². The zero-order valence-corrected chi connectivity index (χ0v) is 9.95. The fraction of sp³-hybridized carbons (Fsp3) is 0.133. The van der Waals surface area contributed by atoms with Crippen molar-refractivity contribution < 1.29 is 0 Å². The molecule has 0 bridgehead atoms. The third kappa shape index (κ3) is 2.20. The van der Waals surface area contributed by atoms with E-state index in [1.54, 1.807) is 0 Å². The van der Waals surface area contributed by atoms with Crippen molar-refractivity contribution in [2.45, 2.75) is 12.1 Å². The third-order valence-corrected chi connectivity index (χ3v) is 3.05. The van der Waals surface area contributed by atoms with Crippen LogP contribution in [0.4, 0.5) is 0 Å². The fourth-order valence-corrected chi connectivity index (χ4v) is 2.12. The molecule has 0 saturated carbocycles. The Morgan fingerprint density at radius 2 is 1.94 bits per heavy atom. The predicted octanol–water partition coefficient (Wildman–Crippen LogP) is 1.99. The zero-order valence-electron chi connectivity index (χ0n) is 9.95. The van der Waals surface area contributed by atoms with Crippen molar-refractivity contribution in [1.29, 1.82) is 0 Å². The van der Waals surface area contributed by atoms with Crippen LogP contribution in [0.25, 0.3) is 5.70 Å². The average Bonchev–Trinajstić information content (AvgIpc) is 2.49. The molecule has 18 heavy (non-hydrogen) atoms. The molecule has 0 spiro atoms. The molecule has 1 aromatic rings. The first-order valence-electron chi connectivity index (χ1n) is 6.09. The van der Waals surface area contributed by atoms with E-state index in [-0.39, 0.29) is 12.1 Å². The Hall–Kier alpha value is -2.29. The highest BCUT2D eigenvalue weighted by Gasteiger charge is 2.19. The number of dihydropyridines is 2. The van der Waals surface area contributed by atoms with Crippen LogP contribution in [0.2, 0.25) is 0 Å². The first-order chi connectivity index (χ1) is 8.93. The van der Waals surface area contributed by atoms with E-state index in [9.17, 15) is 0 Å². The highest BCUT2D eigenvalue weighted by molar-refractivity contribution is 5.64. The lowest BCUT2D eigenvalue weighted by Gasteiger charge is -2.28. The minimum atomic E-state index is 0.244. The van der Waals surface area contributed by atoms with Gasteiger partial charge in [0, 0.05) is 6.20 Å². The van der Waals surface area contributed by atoms with E-state index in [1.165, 1.54) is 0 Å². The maximum atomic E-state index is 4.36. The molecule has 0 radical (unpaired) electrons. The first kappa shape index (κ1) is 10.8. The fourth-order valence-electron chi connectivity index (χ4n) is 2.12. The van der Waals surface area contributed by atoms with Gasteiger partial charge in [-0.2, -0.15) is 0 Å². The summed E-state index contributed by atoms with van der Waals surface area (Å²) in [7, 11) is 0. The number of hydrogen-bond donors (Lipinski definition) is 2. The lowest BCUT2D eigenvalue weighted by atomic mass is 10.0. The highest BCUT2D eigenvalue weighted by Crippen LogP contribution is 2.15. The summed E-state index contributed by atoms with van der Waals surface area (Å²) in [5.74, 6) is 0. The molecule has 0 aromatic carbocycles. The molecular formula is C15H15N3. The summed E-state index contributed by atoms with van der Waals surface area (Å²) in [4.78, 5) is 4.36. The van der Waals surface area contributed by atoms with Crippen molar-refractivity contribution in [3.63, 3.8) is 0 Å². The van der Waals surface area contributed by atoms with Crippen LogP contribution in [-0.2, 0) is 0 Å². The van der Waals surface area contributed by atoms with Crippen molar-refractivity contribution in [2.24, 2.45) is 0 Å². The zero-order chi connectivity index (χ0) is 12.2. The molecular weight excluding hydrogens is 222 g/mol. The molecule has 3 nitrogen and oxygen atoms in total. The van der Waals surface area contributed by atoms with Crippen molar-refractivity contribution >= 4 is 5.70 Å². The number of pyridine rings is 1. The van der Waals surface area contributed by atoms with E-state index < -0.39 is 0 Å². The molecule has 0 fully saturated rings. The topological polar surface area (TPSA) is 37.0 Å². The molecule has 2 unspecified atom stereocenters. The van der Waals surface area contributed by atoms with Gasteiger partial charge >= 0.3 is 0 Å². The Labute approximate surface area is 107 Å². The molecule has 2 atom stereocenters. The molecule has 90 valence electrons. The summed E-state index contributed by atoms with van der Waals surface area (Å²) in [6.45, 7) is 0. The van der Waals surface area contributed by atoms with Crippen LogP contribution in [0.3, 0.4) is 0 Å². The smallest absolute Gasteiger partial charge is 0.0861 e. The van der Waals surface area contributed by atoms with Crippen LogP contribution in [0, 0.1) is 0 Å². The summed E-state index contributed by atoms with van der Waals surface area (Å²) in [5.41, 5.74) is 2.04. The second kappa shape index (κ2) is 4.92. The van der Waals surface area contributed by atoms with E-state index in [2.05, 4.69) is 46.0 Å². The lowest BCUT2D eigenvalue weighted by Crippen LogP contribution is -2.44. The number of rotatable bonds is 2. The molecule has 3 heterocycles. The quantitative estimate of drug-likeness (QED) is 0.826. The van der Waals surface area contributed by atoms with Crippen LogP contribution in [0.5, 0.6) is 0 Å². The molecule has 0 amide bonds. The van der Waals surface area contributed by atoms with Gasteiger partial charge in [-0.3, -0.25) is 4.98 Å². The van der Waals surface area contributed by atoms with Crippen LogP contribution in [-0.4, -0.2) is 17.1 Å². The predicted molar refractivity (Wildman–Crippen MR) is 73.5 cm³/mol. The van der Waals surface area contributed by atoms with Crippen molar-refractivity contribution in [3.8, 4) is 0 Å². The maximum Gasteiger partial charge on any atom is 0.0861 e. The highest BCUT2D eigenvalue weighted by atomic mass is 15.0. The number of allylic oxidation sites excluding steroid dienone is 4. The largest absolute Gasteiger partial charge is 0.382 e. The SMILES string of the molecule is C1=CNC(C2C=CC=C(c3ccccn3)N2)C=C1. The van der Waals surface area contributed by atoms with Crippen LogP contribution < -0.4 is 10.6 Å². The van der Waals surface area contributed by atoms with Gasteiger partial charge in [-0.05, 0) is 30.5 Å². The Morgan fingerprint density at radius 3 is 2.72 bits per heavy atom. The number of nitrogens with one attached hydrogen (secondary N) is 2. The number of aromatic nitrogens is 1. The molecule has 1 aromatic heterocycles. The third-order valence-electron chi connectivity index (χ3n) is 3.05. The standard InChI is InChI=1S/C15H15N3/c1-3-10-16-12(6-1)14-8-5-9-15(18-14)13-7-2-4-11-17-13/h1-12,14,16,18H. The molecule has 0 saturated heterocycles.